The number of anilines is 1. The summed E-state index contributed by atoms with van der Waals surface area (Å²) in [6.45, 7) is 2.69. The van der Waals surface area contributed by atoms with E-state index in [4.69, 9.17) is 10.5 Å². The number of benzene rings is 1. The molecule has 78 valence electrons. The van der Waals surface area contributed by atoms with Gasteiger partial charge in [0.05, 0.1) is 12.3 Å². The molecule has 14 heavy (non-hydrogen) atoms. The molecule has 0 saturated carbocycles. The number of nitrogen functional groups attached to an aromatic ring is 1. The highest BCUT2D eigenvalue weighted by Gasteiger charge is 2.00. The van der Waals surface area contributed by atoms with Gasteiger partial charge in [-0.25, -0.2) is 4.39 Å². The van der Waals surface area contributed by atoms with Crippen LogP contribution in [0.5, 0.6) is 5.75 Å². The van der Waals surface area contributed by atoms with Crippen LogP contribution in [0.15, 0.2) is 18.2 Å². The van der Waals surface area contributed by atoms with Crippen molar-refractivity contribution in [3.8, 4) is 5.75 Å². The summed E-state index contributed by atoms with van der Waals surface area (Å²) in [6.07, 6.45) is 0. The Balaban J connectivity index is 2.39. The molecule has 0 unspecified atom stereocenters. The molecule has 4 heteroatoms. The number of thioether (sulfide) groups is 1. The van der Waals surface area contributed by atoms with Crippen molar-refractivity contribution in [2.75, 3.05) is 23.8 Å². The lowest BCUT2D eigenvalue weighted by molar-refractivity contribution is 0.342. The molecule has 0 radical (unpaired) electrons. The first-order valence-corrected chi connectivity index (χ1v) is 5.65. The molecule has 0 amide bonds. The van der Waals surface area contributed by atoms with Gasteiger partial charge in [0.1, 0.15) is 11.6 Å². The lowest BCUT2D eigenvalue weighted by Gasteiger charge is -2.06. The molecule has 2 nitrogen and oxygen atoms in total. The molecule has 0 aromatic heterocycles. The predicted molar refractivity (Wildman–Crippen MR) is 59.3 cm³/mol. The maximum absolute atomic E-state index is 12.9. The van der Waals surface area contributed by atoms with E-state index in [1.54, 1.807) is 17.8 Å². The van der Waals surface area contributed by atoms with E-state index in [1.165, 1.54) is 12.1 Å². The van der Waals surface area contributed by atoms with E-state index >= 15 is 0 Å². The fourth-order valence-corrected chi connectivity index (χ4v) is 1.45. The first kappa shape index (κ1) is 11.2. The van der Waals surface area contributed by atoms with Crippen LogP contribution < -0.4 is 10.5 Å². The Hall–Kier alpha value is -0.900. The monoisotopic (exact) mass is 215 g/mol. The van der Waals surface area contributed by atoms with Crippen molar-refractivity contribution in [3.63, 3.8) is 0 Å². The molecule has 0 spiro atoms. The lowest BCUT2D eigenvalue weighted by atomic mass is 10.3. The number of ether oxygens (including phenoxy) is 1. The maximum Gasteiger partial charge on any atom is 0.149 e. The van der Waals surface area contributed by atoms with Gasteiger partial charge in [0.15, 0.2) is 0 Å². The molecule has 0 aliphatic carbocycles. The highest BCUT2D eigenvalue weighted by molar-refractivity contribution is 7.99. The Morgan fingerprint density at radius 1 is 1.50 bits per heavy atom. The molecule has 0 aliphatic heterocycles. The van der Waals surface area contributed by atoms with Gasteiger partial charge in [0.25, 0.3) is 0 Å². The molecule has 1 aromatic rings. The Morgan fingerprint density at radius 2 is 2.29 bits per heavy atom. The SMILES string of the molecule is CCSCCOc1ccc(N)c(F)c1. The molecular formula is C10H14FNOS. The van der Waals surface area contributed by atoms with Crippen LogP contribution in [0.25, 0.3) is 0 Å². The zero-order valence-electron chi connectivity index (χ0n) is 8.13. The van der Waals surface area contributed by atoms with Crippen LogP contribution >= 0.6 is 11.8 Å². The van der Waals surface area contributed by atoms with Gasteiger partial charge < -0.3 is 10.5 Å². The van der Waals surface area contributed by atoms with Crippen molar-refractivity contribution in [1.29, 1.82) is 0 Å². The molecule has 1 aromatic carbocycles. The van der Waals surface area contributed by atoms with Crippen LogP contribution in [0.4, 0.5) is 10.1 Å². The Kier molecular flexibility index (Phi) is 4.59. The first-order chi connectivity index (χ1) is 6.74. The van der Waals surface area contributed by atoms with Gasteiger partial charge in [0, 0.05) is 11.8 Å². The highest BCUT2D eigenvalue weighted by Crippen LogP contribution is 2.18. The normalized spacial score (nSPS) is 10.1. The minimum atomic E-state index is -0.425. The van der Waals surface area contributed by atoms with E-state index < -0.39 is 5.82 Å². The zero-order valence-corrected chi connectivity index (χ0v) is 8.94. The van der Waals surface area contributed by atoms with Gasteiger partial charge in [-0.05, 0) is 17.9 Å². The Labute approximate surface area is 87.6 Å². The van der Waals surface area contributed by atoms with Crippen molar-refractivity contribution in [2.24, 2.45) is 0 Å². The van der Waals surface area contributed by atoms with Crippen LogP contribution in [0.2, 0.25) is 0 Å². The molecule has 0 saturated heterocycles. The van der Waals surface area contributed by atoms with Gasteiger partial charge in [-0.15, -0.1) is 0 Å². The third kappa shape index (κ3) is 3.46. The Morgan fingerprint density at radius 3 is 2.93 bits per heavy atom. The van der Waals surface area contributed by atoms with Crippen molar-refractivity contribution in [1.82, 2.24) is 0 Å². The molecule has 1 rings (SSSR count). The molecule has 0 fully saturated rings. The number of hydrogen-bond acceptors (Lipinski definition) is 3. The number of halogens is 1. The van der Waals surface area contributed by atoms with Crippen molar-refractivity contribution < 1.29 is 9.13 Å². The molecule has 0 bridgehead atoms. The number of nitrogens with two attached hydrogens (primary N) is 1. The second-order valence-electron chi connectivity index (χ2n) is 2.73. The minimum Gasteiger partial charge on any atom is -0.493 e. The summed E-state index contributed by atoms with van der Waals surface area (Å²) in [7, 11) is 0. The van der Waals surface area contributed by atoms with Crippen molar-refractivity contribution in [2.45, 2.75) is 6.92 Å². The quantitative estimate of drug-likeness (QED) is 0.605. The zero-order chi connectivity index (χ0) is 10.4. The van der Waals surface area contributed by atoms with Crippen LogP contribution in [0.3, 0.4) is 0 Å². The van der Waals surface area contributed by atoms with Crippen LogP contribution in [-0.4, -0.2) is 18.1 Å². The average Bonchev–Trinajstić information content (AvgIpc) is 2.18. The van der Waals surface area contributed by atoms with E-state index in [-0.39, 0.29) is 5.69 Å². The topological polar surface area (TPSA) is 35.2 Å². The summed E-state index contributed by atoms with van der Waals surface area (Å²) in [5.41, 5.74) is 5.48. The summed E-state index contributed by atoms with van der Waals surface area (Å²) in [4.78, 5) is 0. The Bertz CT molecular complexity index is 293. The van der Waals surface area contributed by atoms with Crippen LogP contribution in [0, 0.1) is 5.82 Å². The van der Waals surface area contributed by atoms with Gasteiger partial charge in [-0.3, -0.25) is 0 Å². The number of rotatable bonds is 5. The lowest BCUT2D eigenvalue weighted by Crippen LogP contribution is -2.01. The molecule has 0 aliphatic rings. The van der Waals surface area contributed by atoms with Crippen molar-refractivity contribution in [3.05, 3.63) is 24.0 Å². The van der Waals surface area contributed by atoms with Crippen LogP contribution in [-0.2, 0) is 0 Å². The molecule has 0 heterocycles. The smallest absolute Gasteiger partial charge is 0.149 e. The first-order valence-electron chi connectivity index (χ1n) is 4.49. The van der Waals surface area contributed by atoms with Gasteiger partial charge in [-0.1, -0.05) is 6.92 Å². The fraction of sp³-hybridized carbons (Fsp3) is 0.400. The summed E-state index contributed by atoms with van der Waals surface area (Å²) in [5.74, 6) is 2.10. The van der Waals surface area contributed by atoms with Crippen molar-refractivity contribution >= 4 is 17.4 Å². The largest absolute Gasteiger partial charge is 0.493 e. The molecular weight excluding hydrogens is 201 g/mol. The van der Waals surface area contributed by atoms with Gasteiger partial charge in [0.2, 0.25) is 0 Å². The highest BCUT2D eigenvalue weighted by atomic mass is 32.2. The van der Waals surface area contributed by atoms with Gasteiger partial charge in [-0.2, -0.15) is 11.8 Å². The summed E-state index contributed by atoms with van der Waals surface area (Å²) < 4.78 is 18.3. The predicted octanol–water partition coefficient (Wildman–Crippen LogP) is 2.54. The standard InChI is InChI=1S/C10H14FNOS/c1-2-14-6-5-13-8-3-4-10(12)9(11)7-8/h3-4,7H,2,5-6,12H2,1H3. The third-order valence-electron chi connectivity index (χ3n) is 1.67. The third-order valence-corrected chi connectivity index (χ3v) is 2.54. The average molecular weight is 215 g/mol. The fourth-order valence-electron chi connectivity index (χ4n) is 0.960. The number of hydrogen-bond donors (Lipinski definition) is 1. The summed E-state index contributed by atoms with van der Waals surface area (Å²) >= 11 is 1.79. The molecule has 0 atom stereocenters. The van der Waals surface area contributed by atoms with Gasteiger partial charge >= 0.3 is 0 Å². The van der Waals surface area contributed by atoms with Crippen LogP contribution in [0.1, 0.15) is 6.92 Å². The summed E-state index contributed by atoms with van der Waals surface area (Å²) in [5, 5.41) is 0. The second-order valence-corrected chi connectivity index (χ2v) is 4.12. The summed E-state index contributed by atoms with van der Waals surface area (Å²) in [6, 6.07) is 4.50. The van der Waals surface area contributed by atoms with E-state index in [1.807, 2.05) is 0 Å². The van der Waals surface area contributed by atoms with E-state index in [2.05, 4.69) is 6.92 Å². The molecule has 2 N–H and O–H groups in total. The minimum absolute atomic E-state index is 0.153. The van der Waals surface area contributed by atoms with E-state index in [0.29, 0.717) is 12.4 Å². The van der Waals surface area contributed by atoms with E-state index in [0.717, 1.165) is 11.5 Å². The second kappa shape index (κ2) is 5.75. The van der Waals surface area contributed by atoms with E-state index in [9.17, 15) is 4.39 Å². The maximum atomic E-state index is 12.9.